The van der Waals surface area contributed by atoms with Gasteiger partial charge in [0.05, 0.1) is 0 Å². The third kappa shape index (κ3) is 6.27. The Balaban J connectivity index is 2.25. The number of urea groups is 1. The Morgan fingerprint density at radius 2 is 1.72 bits per heavy atom. The number of carbonyl (C=O) groups excluding carboxylic acids is 1. The SMILES string of the molecule is CC(C)NC(=O)N[C@H]1CC[C@@H](CC(C)(C)C)CC1. The Bertz CT molecular complexity index is 260. The van der Waals surface area contributed by atoms with Gasteiger partial charge < -0.3 is 10.6 Å². The fraction of sp³-hybridized carbons (Fsp3) is 0.933. The molecule has 1 saturated carbocycles. The summed E-state index contributed by atoms with van der Waals surface area (Å²) in [5, 5.41) is 5.97. The monoisotopic (exact) mass is 254 g/mol. The highest BCUT2D eigenvalue weighted by Crippen LogP contribution is 2.34. The zero-order valence-corrected chi connectivity index (χ0v) is 12.7. The predicted molar refractivity (Wildman–Crippen MR) is 76.6 cm³/mol. The summed E-state index contributed by atoms with van der Waals surface area (Å²) in [7, 11) is 0. The van der Waals surface area contributed by atoms with Crippen molar-refractivity contribution in [1.29, 1.82) is 0 Å². The molecule has 3 heteroatoms. The highest BCUT2D eigenvalue weighted by atomic mass is 16.2. The normalized spacial score (nSPS) is 25.0. The van der Waals surface area contributed by atoms with Gasteiger partial charge in [-0.25, -0.2) is 4.79 Å². The van der Waals surface area contributed by atoms with Crippen LogP contribution in [0.25, 0.3) is 0 Å². The van der Waals surface area contributed by atoms with Crippen LogP contribution in [0.2, 0.25) is 0 Å². The molecule has 1 aliphatic rings. The summed E-state index contributed by atoms with van der Waals surface area (Å²) >= 11 is 0. The van der Waals surface area contributed by atoms with Crippen LogP contribution in [0.1, 0.15) is 66.7 Å². The highest BCUT2D eigenvalue weighted by Gasteiger charge is 2.25. The summed E-state index contributed by atoms with van der Waals surface area (Å²) < 4.78 is 0. The van der Waals surface area contributed by atoms with E-state index in [9.17, 15) is 4.79 Å². The molecule has 18 heavy (non-hydrogen) atoms. The molecule has 106 valence electrons. The minimum absolute atomic E-state index is 0.00993. The molecule has 1 rings (SSSR count). The van der Waals surface area contributed by atoms with E-state index in [4.69, 9.17) is 0 Å². The maximum atomic E-state index is 11.6. The van der Waals surface area contributed by atoms with Gasteiger partial charge >= 0.3 is 6.03 Å². The zero-order chi connectivity index (χ0) is 13.8. The van der Waals surface area contributed by atoms with Crippen LogP contribution < -0.4 is 10.6 Å². The lowest BCUT2D eigenvalue weighted by Crippen LogP contribution is -2.45. The first-order valence-corrected chi connectivity index (χ1v) is 7.33. The maximum absolute atomic E-state index is 11.6. The van der Waals surface area contributed by atoms with Crippen molar-refractivity contribution in [2.45, 2.75) is 78.8 Å². The van der Waals surface area contributed by atoms with Crippen LogP contribution in [-0.4, -0.2) is 18.1 Å². The van der Waals surface area contributed by atoms with Crippen molar-refractivity contribution in [1.82, 2.24) is 10.6 Å². The lowest BCUT2D eigenvalue weighted by atomic mass is 9.76. The Morgan fingerprint density at radius 3 is 2.17 bits per heavy atom. The van der Waals surface area contributed by atoms with Gasteiger partial charge in [0.25, 0.3) is 0 Å². The van der Waals surface area contributed by atoms with Crippen LogP contribution >= 0.6 is 0 Å². The average Bonchev–Trinajstić information content (AvgIpc) is 2.17. The quantitative estimate of drug-likeness (QED) is 0.792. The fourth-order valence-corrected chi connectivity index (χ4v) is 2.87. The second-order valence-electron chi connectivity index (χ2n) is 7.25. The molecule has 0 heterocycles. The first-order chi connectivity index (χ1) is 8.26. The van der Waals surface area contributed by atoms with E-state index in [0.717, 1.165) is 18.8 Å². The second-order valence-corrected chi connectivity index (χ2v) is 7.25. The molecule has 0 aromatic rings. The van der Waals surface area contributed by atoms with Gasteiger partial charge in [0.1, 0.15) is 0 Å². The lowest BCUT2D eigenvalue weighted by molar-refractivity contribution is 0.205. The average molecular weight is 254 g/mol. The molecule has 3 nitrogen and oxygen atoms in total. The molecule has 0 unspecified atom stereocenters. The van der Waals surface area contributed by atoms with E-state index in [1.807, 2.05) is 13.8 Å². The van der Waals surface area contributed by atoms with Crippen LogP contribution in [0.5, 0.6) is 0 Å². The topological polar surface area (TPSA) is 41.1 Å². The summed E-state index contributed by atoms with van der Waals surface area (Å²) in [6.07, 6.45) is 6.07. The van der Waals surface area contributed by atoms with Crippen molar-refractivity contribution in [3.63, 3.8) is 0 Å². The van der Waals surface area contributed by atoms with Gasteiger partial charge in [-0.1, -0.05) is 20.8 Å². The van der Waals surface area contributed by atoms with Gasteiger partial charge in [0.15, 0.2) is 0 Å². The largest absolute Gasteiger partial charge is 0.336 e. The number of hydrogen-bond acceptors (Lipinski definition) is 1. The Hall–Kier alpha value is -0.730. The van der Waals surface area contributed by atoms with Crippen LogP contribution in [0, 0.1) is 11.3 Å². The summed E-state index contributed by atoms with van der Waals surface area (Å²) in [5.74, 6) is 0.844. The molecule has 0 radical (unpaired) electrons. The van der Waals surface area contributed by atoms with E-state index < -0.39 is 0 Å². The molecule has 1 aliphatic carbocycles. The molecule has 2 amide bonds. The smallest absolute Gasteiger partial charge is 0.315 e. The number of nitrogens with one attached hydrogen (secondary N) is 2. The maximum Gasteiger partial charge on any atom is 0.315 e. The molecule has 0 atom stereocenters. The number of carbonyl (C=O) groups is 1. The van der Waals surface area contributed by atoms with Gasteiger partial charge in [-0.05, 0) is 57.3 Å². The third-order valence-corrected chi connectivity index (χ3v) is 3.50. The van der Waals surface area contributed by atoms with E-state index in [1.165, 1.54) is 19.3 Å². The zero-order valence-electron chi connectivity index (χ0n) is 12.7. The van der Waals surface area contributed by atoms with Crippen LogP contribution in [0.15, 0.2) is 0 Å². The molecule has 0 bridgehead atoms. The standard InChI is InChI=1S/C15H30N2O/c1-11(2)16-14(18)17-13-8-6-12(7-9-13)10-15(3,4)5/h11-13H,6-10H2,1-5H3,(H2,16,17,18)/t12-,13+. The summed E-state index contributed by atoms with van der Waals surface area (Å²) in [5.41, 5.74) is 0.431. The lowest BCUT2D eigenvalue weighted by Gasteiger charge is -2.33. The Morgan fingerprint density at radius 1 is 1.17 bits per heavy atom. The van der Waals surface area contributed by atoms with Gasteiger partial charge in [-0.3, -0.25) is 0 Å². The van der Waals surface area contributed by atoms with E-state index in [-0.39, 0.29) is 12.1 Å². The number of rotatable bonds is 3. The predicted octanol–water partition coefficient (Wildman–Crippen LogP) is 3.69. The van der Waals surface area contributed by atoms with Gasteiger partial charge in [-0.2, -0.15) is 0 Å². The summed E-state index contributed by atoms with van der Waals surface area (Å²) in [4.78, 5) is 11.6. The van der Waals surface area contributed by atoms with E-state index in [1.54, 1.807) is 0 Å². The molecule has 2 N–H and O–H groups in total. The third-order valence-electron chi connectivity index (χ3n) is 3.50. The fourth-order valence-electron chi connectivity index (χ4n) is 2.87. The number of hydrogen-bond donors (Lipinski definition) is 2. The van der Waals surface area contributed by atoms with Crippen molar-refractivity contribution in [3.8, 4) is 0 Å². The molecule has 0 saturated heterocycles. The minimum Gasteiger partial charge on any atom is -0.336 e. The van der Waals surface area contributed by atoms with Crippen molar-refractivity contribution < 1.29 is 4.79 Å². The second kappa shape index (κ2) is 6.44. The molecular formula is C15H30N2O. The van der Waals surface area contributed by atoms with Crippen molar-refractivity contribution in [2.24, 2.45) is 11.3 Å². The van der Waals surface area contributed by atoms with Crippen LogP contribution in [0.4, 0.5) is 4.79 Å². The van der Waals surface area contributed by atoms with Crippen molar-refractivity contribution in [3.05, 3.63) is 0 Å². The van der Waals surface area contributed by atoms with Gasteiger partial charge in [-0.15, -0.1) is 0 Å². The molecule has 1 fully saturated rings. The van der Waals surface area contributed by atoms with Crippen LogP contribution in [0.3, 0.4) is 0 Å². The van der Waals surface area contributed by atoms with E-state index >= 15 is 0 Å². The van der Waals surface area contributed by atoms with Crippen molar-refractivity contribution >= 4 is 6.03 Å². The molecule has 0 aromatic heterocycles. The number of amides is 2. The van der Waals surface area contributed by atoms with E-state index in [0.29, 0.717) is 11.5 Å². The van der Waals surface area contributed by atoms with Crippen LogP contribution in [-0.2, 0) is 0 Å². The molecule has 0 aliphatic heterocycles. The Kier molecular flexibility index (Phi) is 5.48. The first kappa shape index (κ1) is 15.3. The van der Waals surface area contributed by atoms with Crippen molar-refractivity contribution in [2.75, 3.05) is 0 Å². The molecular weight excluding hydrogens is 224 g/mol. The minimum atomic E-state index is -0.00993. The summed E-state index contributed by atoms with van der Waals surface area (Å²) in [6, 6.07) is 0.575. The Labute approximate surface area is 112 Å². The van der Waals surface area contributed by atoms with Gasteiger partial charge in [0, 0.05) is 12.1 Å². The van der Waals surface area contributed by atoms with E-state index in [2.05, 4.69) is 31.4 Å². The summed E-state index contributed by atoms with van der Waals surface area (Å²) in [6.45, 7) is 10.9. The molecule has 0 spiro atoms. The highest BCUT2D eigenvalue weighted by molar-refractivity contribution is 5.74. The first-order valence-electron chi connectivity index (χ1n) is 7.33. The molecule has 0 aromatic carbocycles. The van der Waals surface area contributed by atoms with Gasteiger partial charge in [0.2, 0.25) is 0 Å².